The maximum absolute atomic E-state index is 4.58. The molecule has 2 aromatic rings. The van der Waals surface area contributed by atoms with Crippen LogP contribution in [-0.4, -0.2) is 4.98 Å². The van der Waals surface area contributed by atoms with Gasteiger partial charge in [-0.1, -0.05) is 0 Å². The van der Waals surface area contributed by atoms with Gasteiger partial charge in [0.15, 0.2) is 0 Å². The molecule has 0 atom stereocenters. The van der Waals surface area contributed by atoms with E-state index in [2.05, 4.69) is 54.1 Å². The number of halogens is 2. The minimum atomic E-state index is -0.905. The Bertz CT molecular complexity index is 659. The van der Waals surface area contributed by atoms with Gasteiger partial charge in [0.1, 0.15) is 0 Å². The van der Waals surface area contributed by atoms with Crippen molar-refractivity contribution in [2.45, 2.75) is 19.1 Å². The van der Waals surface area contributed by atoms with Gasteiger partial charge in [0.2, 0.25) is 0 Å². The largest absolute Gasteiger partial charge is 0.147 e. The van der Waals surface area contributed by atoms with Gasteiger partial charge in [-0.05, 0) is 0 Å². The monoisotopic (exact) mass is 346 g/mol. The molecule has 1 heterocycles. The van der Waals surface area contributed by atoms with E-state index >= 15 is 0 Å². The summed E-state index contributed by atoms with van der Waals surface area (Å²) in [6.45, 7) is 2.21. The standard InChI is InChI=1S/C9H6N.C6H7.CH3.2ClH.Cr/c1-2-6-9-8(4-1)5-3-7-10-9;1-6-4-2-3-5-6;;;;/h1-5,7H;2,4H,5H2,1H3;1H3;2*1H;. The molecule has 0 N–H and O–H groups in total. The third-order valence-electron chi connectivity index (χ3n) is 3.33. The van der Waals surface area contributed by atoms with Crippen LogP contribution in [0.2, 0.25) is 5.79 Å². The first kappa shape index (κ1) is 17.3. The van der Waals surface area contributed by atoms with Crippen LogP contribution in [0.25, 0.3) is 10.9 Å². The molecule has 4 heteroatoms. The second kappa shape index (κ2) is 7.29. The minimum absolute atomic E-state index is 0. The minimum Gasteiger partial charge on any atom is -0.147 e. The molecule has 3 rings (SSSR count). The van der Waals surface area contributed by atoms with Gasteiger partial charge in [0.05, 0.1) is 0 Å². The first-order valence-corrected chi connectivity index (χ1v) is 8.67. The molecule has 0 spiro atoms. The fourth-order valence-corrected chi connectivity index (χ4v) is 5.02. The Morgan fingerprint density at radius 3 is 2.50 bits per heavy atom. The number of fused-ring (bicyclic) bond motifs is 1. The van der Waals surface area contributed by atoms with Gasteiger partial charge in [-0.25, -0.2) is 0 Å². The molecule has 0 bridgehead atoms. The van der Waals surface area contributed by atoms with Crippen LogP contribution >= 0.6 is 24.8 Å². The fourth-order valence-electron chi connectivity index (χ4n) is 2.30. The van der Waals surface area contributed by atoms with E-state index in [4.69, 9.17) is 0 Å². The van der Waals surface area contributed by atoms with Crippen molar-refractivity contribution >= 4 is 40.1 Å². The molecule has 0 aliphatic heterocycles. The normalized spacial score (nSPS) is 13.6. The van der Waals surface area contributed by atoms with Gasteiger partial charge < -0.3 is 0 Å². The molecule has 0 saturated heterocycles. The predicted molar refractivity (Wildman–Crippen MR) is 88.2 cm³/mol. The summed E-state index contributed by atoms with van der Waals surface area (Å²) >= 11 is -0.905. The van der Waals surface area contributed by atoms with E-state index < -0.39 is 14.1 Å². The zero-order valence-corrected chi connectivity index (χ0v) is 14.4. The molecule has 1 aliphatic rings. The number of rotatable bonds is 2. The number of hydrogen-bond acceptors (Lipinski definition) is 1. The Kier molecular flexibility index (Phi) is 6.30. The third-order valence-corrected chi connectivity index (χ3v) is 6.54. The van der Waals surface area contributed by atoms with Gasteiger partial charge in [0.25, 0.3) is 0 Å². The Hall–Kier alpha value is -0.778. The van der Waals surface area contributed by atoms with Gasteiger partial charge >= 0.3 is 112 Å². The van der Waals surface area contributed by atoms with Gasteiger partial charge in [-0.2, -0.15) is 0 Å². The van der Waals surface area contributed by atoms with E-state index in [1.807, 2.05) is 12.3 Å². The van der Waals surface area contributed by atoms with E-state index in [1.54, 1.807) is 4.44 Å². The Balaban J connectivity index is 0.000001000. The van der Waals surface area contributed by atoms with Crippen LogP contribution in [0.15, 0.2) is 58.7 Å². The zero-order chi connectivity index (χ0) is 12.5. The first-order chi connectivity index (χ1) is 8.75. The van der Waals surface area contributed by atoms with Crippen LogP contribution in [0.1, 0.15) is 13.3 Å². The molecular formula is C16H18Cl2CrN. The predicted octanol–water partition coefficient (Wildman–Crippen LogP) is 4.60. The van der Waals surface area contributed by atoms with Crippen LogP contribution in [0.3, 0.4) is 0 Å². The fraction of sp³-hybridized carbons (Fsp3) is 0.188. The van der Waals surface area contributed by atoms with Crippen LogP contribution in [-0.2, 0) is 14.1 Å². The molecule has 0 unspecified atom stereocenters. The smallest absolute Gasteiger partial charge is 0.147 e. The Morgan fingerprint density at radius 1 is 1.05 bits per heavy atom. The number of para-hydroxylation sites is 1. The zero-order valence-electron chi connectivity index (χ0n) is 11.5. The van der Waals surface area contributed by atoms with Crippen LogP contribution in [0, 0.1) is 0 Å². The van der Waals surface area contributed by atoms with Gasteiger partial charge in [-0.15, -0.1) is 24.8 Å². The van der Waals surface area contributed by atoms with Crippen molar-refractivity contribution < 1.29 is 14.1 Å². The van der Waals surface area contributed by atoms with Crippen LogP contribution in [0.4, 0.5) is 0 Å². The average molecular weight is 347 g/mol. The number of pyridine rings is 1. The van der Waals surface area contributed by atoms with Crippen molar-refractivity contribution in [3.63, 3.8) is 0 Å². The Labute approximate surface area is 137 Å². The van der Waals surface area contributed by atoms with E-state index in [0.29, 0.717) is 0 Å². The van der Waals surface area contributed by atoms with Crippen molar-refractivity contribution in [2.75, 3.05) is 0 Å². The molecule has 1 aromatic carbocycles. The van der Waals surface area contributed by atoms with E-state index in [0.717, 1.165) is 6.42 Å². The molecule has 0 radical (unpaired) electrons. The molecule has 1 aliphatic carbocycles. The molecule has 0 saturated carbocycles. The number of hydrogen-bond donors (Lipinski definition) is 0. The van der Waals surface area contributed by atoms with Crippen molar-refractivity contribution in [1.29, 1.82) is 0 Å². The molecule has 107 valence electrons. The molecule has 1 nitrogen and oxygen atoms in total. The second-order valence-corrected chi connectivity index (χ2v) is 7.76. The second-order valence-electron chi connectivity index (χ2n) is 4.66. The summed E-state index contributed by atoms with van der Waals surface area (Å²) in [4.78, 5) is 4.58. The number of aromatic nitrogens is 1. The van der Waals surface area contributed by atoms with Crippen LogP contribution in [0.5, 0.6) is 0 Å². The maximum atomic E-state index is 4.58. The summed E-state index contributed by atoms with van der Waals surface area (Å²) in [5, 5.41) is 1.26. The summed E-state index contributed by atoms with van der Waals surface area (Å²) in [5.41, 5.74) is 2.67. The van der Waals surface area contributed by atoms with Crippen LogP contribution < -0.4 is 4.43 Å². The number of benzene rings is 1. The SMILES string of the molecule is CC1=CC=[C]([Cr]([CH3])[c]2cccc3cccnc23)C1.Cl.Cl. The van der Waals surface area contributed by atoms with Gasteiger partial charge in [-0.3, -0.25) is 0 Å². The summed E-state index contributed by atoms with van der Waals surface area (Å²) in [7, 11) is 0. The third kappa shape index (κ3) is 3.27. The van der Waals surface area contributed by atoms with Crippen molar-refractivity contribution in [1.82, 2.24) is 4.98 Å². The van der Waals surface area contributed by atoms with Crippen molar-refractivity contribution in [3.05, 3.63) is 58.7 Å². The molecular weight excluding hydrogens is 329 g/mol. The molecule has 20 heavy (non-hydrogen) atoms. The average Bonchev–Trinajstić information content (AvgIpc) is 2.84. The van der Waals surface area contributed by atoms with E-state index in [-0.39, 0.29) is 24.8 Å². The first-order valence-electron chi connectivity index (χ1n) is 6.12. The summed E-state index contributed by atoms with van der Waals surface area (Å²) < 4.78 is 3.08. The Morgan fingerprint density at radius 2 is 1.80 bits per heavy atom. The summed E-state index contributed by atoms with van der Waals surface area (Å²) in [5.74, 6) is 2.40. The molecule has 1 aromatic heterocycles. The van der Waals surface area contributed by atoms with E-state index in [1.165, 1.54) is 20.9 Å². The topological polar surface area (TPSA) is 12.9 Å². The van der Waals surface area contributed by atoms with Gasteiger partial charge in [0, 0.05) is 0 Å². The van der Waals surface area contributed by atoms with E-state index in [9.17, 15) is 0 Å². The molecule has 0 amide bonds. The molecule has 0 fully saturated rings. The number of nitrogens with zero attached hydrogens (tertiary/aromatic N) is 1. The summed E-state index contributed by atoms with van der Waals surface area (Å²) in [6.07, 6.45) is 7.64. The summed E-state index contributed by atoms with van der Waals surface area (Å²) in [6, 6.07) is 10.7. The maximum Gasteiger partial charge on any atom is -0.147 e. The van der Waals surface area contributed by atoms with Crippen molar-refractivity contribution in [2.24, 2.45) is 0 Å². The number of allylic oxidation sites excluding steroid dienone is 4. The quantitative estimate of drug-likeness (QED) is 0.774. The van der Waals surface area contributed by atoms with Crippen molar-refractivity contribution in [3.8, 4) is 0 Å².